The summed E-state index contributed by atoms with van der Waals surface area (Å²) in [6.45, 7) is 12.4. The molecule has 0 aliphatic rings. The van der Waals surface area contributed by atoms with Crippen LogP contribution in [0.2, 0.25) is 0 Å². The Bertz CT molecular complexity index is 1500. The number of nitrogens with zero attached hydrogens (tertiary/aromatic N) is 1. The highest BCUT2D eigenvalue weighted by atomic mass is 16.6. The average Bonchev–Trinajstić information content (AvgIpc) is 3.00. The molecule has 0 heterocycles. The van der Waals surface area contributed by atoms with Crippen molar-refractivity contribution in [1.82, 2.24) is 15.5 Å². The van der Waals surface area contributed by atoms with Gasteiger partial charge in [0.1, 0.15) is 35.1 Å². The molecular formula is C38H49N3O7. The molecule has 48 heavy (non-hydrogen) atoms. The molecule has 0 aliphatic carbocycles. The van der Waals surface area contributed by atoms with Gasteiger partial charge >= 0.3 is 12.1 Å². The average molecular weight is 660 g/mol. The molecule has 10 heteroatoms. The number of benzene rings is 3. The van der Waals surface area contributed by atoms with Gasteiger partial charge in [-0.25, -0.2) is 9.59 Å². The highest BCUT2D eigenvalue weighted by Gasteiger charge is 2.38. The first-order chi connectivity index (χ1) is 22.6. The SMILES string of the molecule is CCCN(C(=O)C(Cc1ccccc1)NC(=O)OC(C)(C)C)C(C(=O)NC(Cc1ccccc1)C(=O)OC(C)(C)C)c1ccc(O)cc1. The maximum atomic E-state index is 14.6. The predicted octanol–water partition coefficient (Wildman–Crippen LogP) is 5.88. The van der Waals surface area contributed by atoms with Crippen LogP contribution in [0.5, 0.6) is 5.75 Å². The minimum absolute atomic E-state index is 0.0180. The highest BCUT2D eigenvalue weighted by Crippen LogP contribution is 2.26. The number of alkyl carbamates (subject to hydrolysis) is 1. The summed E-state index contributed by atoms with van der Waals surface area (Å²) >= 11 is 0. The second-order valence-electron chi connectivity index (χ2n) is 13.7. The fraction of sp³-hybridized carbons (Fsp3) is 0.421. The summed E-state index contributed by atoms with van der Waals surface area (Å²) in [7, 11) is 0. The number of carbonyl (C=O) groups is 4. The highest BCUT2D eigenvalue weighted by molar-refractivity contribution is 5.94. The minimum atomic E-state index is -1.22. The second-order valence-corrected chi connectivity index (χ2v) is 13.7. The van der Waals surface area contributed by atoms with Crippen molar-refractivity contribution in [3.8, 4) is 5.75 Å². The van der Waals surface area contributed by atoms with Gasteiger partial charge < -0.3 is 30.1 Å². The molecular weight excluding hydrogens is 610 g/mol. The Kier molecular flexibility index (Phi) is 13.2. The van der Waals surface area contributed by atoms with E-state index in [4.69, 9.17) is 9.47 Å². The zero-order valence-electron chi connectivity index (χ0n) is 29.0. The number of aromatic hydroxyl groups is 1. The monoisotopic (exact) mass is 659 g/mol. The molecule has 0 spiro atoms. The largest absolute Gasteiger partial charge is 0.508 e. The van der Waals surface area contributed by atoms with Gasteiger partial charge in [0, 0.05) is 19.4 Å². The van der Waals surface area contributed by atoms with Gasteiger partial charge in [0.05, 0.1) is 0 Å². The lowest BCUT2D eigenvalue weighted by atomic mass is 9.99. The van der Waals surface area contributed by atoms with E-state index in [1.165, 1.54) is 17.0 Å². The van der Waals surface area contributed by atoms with Gasteiger partial charge in [-0.2, -0.15) is 0 Å². The number of phenolic OH excluding ortho intramolecular Hbond substituents is 1. The number of rotatable bonds is 13. The smallest absolute Gasteiger partial charge is 0.408 e. The molecule has 3 amide bonds. The fourth-order valence-electron chi connectivity index (χ4n) is 5.10. The van der Waals surface area contributed by atoms with Crippen LogP contribution in [-0.4, -0.2) is 63.7 Å². The van der Waals surface area contributed by atoms with E-state index in [1.807, 2.05) is 67.6 Å². The number of phenols is 1. The van der Waals surface area contributed by atoms with Crippen LogP contribution in [-0.2, 0) is 36.7 Å². The standard InChI is InChI=1S/C38H49N3O7/c1-8-23-41(34(44)30(24-26-15-11-9-12-16-26)40-36(46)48-38(5,6)7)32(28-19-21-29(42)22-20-28)33(43)39-31(35(45)47-37(2,3)4)25-27-17-13-10-14-18-27/h9-22,30-32,42H,8,23-25H2,1-7H3,(H,39,43)(H,40,46). The van der Waals surface area contributed by atoms with Crippen LogP contribution in [0.1, 0.15) is 77.6 Å². The maximum Gasteiger partial charge on any atom is 0.408 e. The molecule has 0 fully saturated rings. The third kappa shape index (κ3) is 12.1. The van der Waals surface area contributed by atoms with Crippen molar-refractivity contribution >= 4 is 23.9 Å². The van der Waals surface area contributed by atoms with Gasteiger partial charge in [0.25, 0.3) is 0 Å². The molecule has 10 nitrogen and oxygen atoms in total. The number of amides is 3. The zero-order valence-corrected chi connectivity index (χ0v) is 29.0. The molecule has 3 atom stereocenters. The van der Waals surface area contributed by atoms with Gasteiger partial charge in [-0.05, 0) is 76.8 Å². The lowest BCUT2D eigenvalue weighted by molar-refractivity contribution is -0.159. The normalized spacial score (nSPS) is 13.4. The second kappa shape index (κ2) is 16.8. The van der Waals surface area contributed by atoms with Crippen LogP contribution in [0.15, 0.2) is 84.9 Å². The van der Waals surface area contributed by atoms with Crippen molar-refractivity contribution in [1.29, 1.82) is 0 Å². The van der Waals surface area contributed by atoms with E-state index in [-0.39, 0.29) is 25.1 Å². The maximum absolute atomic E-state index is 14.6. The lowest BCUT2D eigenvalue weighted by Gasteiger charge is -2.35. The van der Waals surface area contributed by atoms with Gasteiger partial charge in [-0.15, -0.1) is 0 Å². The number of carbonyl (C=O) groups excluding carboxylic acids is 4. The molecule has 0 bridgehead atoms. The van der Waals surface area contributed by atoms with E-state index >= 15 is 0 Å². The molecule has 3 unspecified atom stereocenters. The molecule has 3 aromatic rings. The van der Waals surface area contributed by atoms with Crippen LogP contribution in [0.4, 0.5) is 4.79 Å². The molecule has 3 N–H and O–H groups in total. The van der Waals surface area contributed by atoms with Crippen molar-refractivity contribution in [2.75, 3.05) is 6.54 Å². The van der Waals surface area contributed by atoms with Crippen molar-refractivity contribution in [3.63, 3.8) is 0 Å². The van der Waals surface area contributed by atoms with Gasteiger partial charge in [-0.1, -0.05) is 79.7 Å². The van der Waals surface area contributed by atoms with Gasteiger partial charge in [0.15, 0.2) is 0 Å². The zero-order chi connectivity index (χ0) is 35.5. The van der Waals surface area contributed by atoms with Gasteiger partial charge in [-0.3, -0.25) is 9.59 Å². The summed E-state index contributed by atoms with van der Waals surface area (Å²) in [6, 6.07) is 21.1. The van der Waals surface area contributed by atoms with Crippen LogP contribution in [0.3, 0.4) is 0 Å². The lowest BCUT2D eigenvalue weighted by Crippen LogP contribution is -2.55. The minimum Gasteiger partial charge on any atom is -0.508 e. The molecule has 3 aromatic carbocycles. The van der Waals surface area contributed by atoms with E-state index in [0.29, 0.717) is 12.0 Å². The summed E-state index contributed by atoms with van der Waals surface area (Å²) in [4.78, 5) is 56.9. The number of esters is 1. The van der Waals surface area contributed by atoms with E-state index in [0.717, 1.165) is 11.1 Å². The molecule has 0 saturated carbocycles. The number of ether oxygens (including phenoxy) is 2. The molecule has 0 radical (unpaired) electrons. The molecule has 0 saturated heterocycles. The van der Waals surface area contributed by atoms with Gasteiger partial charge in [0.2, 0.25) is 11.8 Å². The Balaban J connectivity index is 2.06. The third-order valence-corrected chi connectivity index (χ3v) is 7.08. The molecule has 3 rings (SSSR count). The fourth-order valence-corrected chi connectivity index (χ4v) is 5.10. The first kappa shape index (κ1) is 37.6. The number of hydrogen-bond acceptors (Lipinski definition) is 7. The Morgan fingerprint density at radius 3 is 1.69 bits per heavy atom. The Hall–Kier alpha value is -4.86. The summed E-state index contributed by atoms with van der Waals surface area (Å²) in [5.74, 6) is -1.77. The summed E-state index contributed by atoms with van der Waals surface area (Å²) < 4.78 is 11.2. The topological polar surface area (TPSA) is 134 Å². The summed E-state index contributed by atoms with van der Waals surface area (Å²) in [6.07, 6.45) is 0.00378. The summed E-state index contributed by atoms with van der Waals surface area (Å²) in [5.41, 5.74) is 0.389. The molecule has 258 valence electrons. The first-order valence-corrected chi connectivity index (χ1v) is 16.3. The van der Waals surface area contributed by atoms with Crippen LogP contribution in [0, 0.1) is 0 Å². The quantitative estimate of drug-likeness (QED) is 0.195. The molecule has 0 aromatic heterocycles. The number of hydrogen-bond donors (Lipinski definition) is 3. The van der Waals surface area contributed by atoms with Crippen molar-refractivity contribution in [3.05, 3.63) is 102 Å². The van der Waals surface area contributed by atoms with Crippen LogP contribution >= 0.6 is 0 Å². The van der Waals surface area contributed by atoms with Crippen molar-refractivity contribution in [2.24, 2.45) is 0 Å². The Morgan fingerprint density at radius 1 is 0.708 bits per heavy atom. The predicted molar refractivity (Wildman–Crippen MR) is 184 cm³/mol. The Morgan fingerprint density at radius 2 is 1.21 bits per heavy atom. The van der Waals surface area contributed by atoms with Crippen LogP contribution < -0.4 is 10.6 Å². The van der Waals surface area contributed by atoms with E-state index in [1.54, 1.807) is 53.7 Å². The van der Waals surface area contributed by atoms with E-state index in [2.05, 4.69) is 10.6 Å². The Labute approximate surface area is 283 Å². The molecule has 0 aliphatic heterocycles. The first-order valence-electron chi connectivity index (χ1n) is 16.3. The van der Waals surface area contributed by atoms with E-state index < -0.39 is 53.2 Å². The third-order valence-electron chi connectivity index (χ3n) is 7.08. The summed E-state index contributed by atoms with van der Waals surface area (Å²) in [5, 5.41) is 15.7. The van der Waals surface area contributed by atoms with Crippen molar-refractivity contribution < 1.29 is 33.8 Å². The van der Waals surface area contributed by atoms with Crippen molar-refractivity contribution in [2.45, 2.75) is 97.1 Å². The number of nitrogens with one attached hydrogen (secondary N) is 2. The van der Waals surface area contributed by atoms with E-state index in [9.17, 15) is 24.3 Å². The van der Waals surface area contributed by atoms with Crippen LogP contribution in [0.25, 0.3) is 0 Å².